The molecular weight excluding hydrogens is 774 g/mol. The van der Waals surface area contributed by atoms with Crippen molar-refractivity contribution in [3.63, 3.8) is 0 Å². The van der Waals surface area contributed by atoms with Gasteiger partial charge in [-0.2, -0.15) is 0 Å². The van der Waals surface area contributed by atoms with Crippen molar-refractivity contribution in [3.05, 3.63) is 48.6 Å². The molecule has 0 aromatic carbocycles. The molecule has 2 fully saturated rings. The summed E-state index contributed by atoms with van der Waals surface area (Å²) in [6.45, 7) is 2.65. The SMILES string of the molecule is CC/C=C\C/C=C\C/C=C\C/C=C\CCCCCCC(=O)NC(COC1OC(CO)C(OC2OC(CO)C(O)C(O)C2O)C(O)C1O)C(O)CCCCCCCCCCC. The van der Waals surface area contributed by atoms with Crippen LogP contribution in [-0.2, 0) is 23.7 Å². The van der Waals surface area contributed by atoms with Crippen LogP contribution in [0.15, 0.2) is 48.6 Å². The van der Waals surface area contributed by atoms with Crippen LogP contribution in [0.3, 0.4) is 0 Å². The highest BCUT2D eigenvalue weighted by Gasteiger charge is 2.51. The van der Waals surface area contributed by atoms with Gasteiger partial charge in [0.1, 0.15) is 48.8 Å². The first kappa shape index (κ1) is 54.1. The molecule has 0 spiro atoms. The summed E-state index contributed by atoms with van der Waals surface area (Å²) in [7, 11) is 0. The second kappa shape index (κ2) is 33.5. The molecule has 2 aliphatic heterocycles. The Balaban J connectivity index is 1.87. The average molecular weight is 856 g/mol. The molecule has 0 saturated carbocycles. The smallest absolute Gasteiger partial charge is 0.220 e. The van der Waals surface area contributed by atoms with E-state index in [-0.39, 0.29) is 18.9 Å². The van der Waals surface area contributed by atoms with E-state index in [1.54, 1.807) is 0 Å². The molecule has 348 valence electrons. The molecule has 14 nitrogen and oxygen atoms in total. The van der Waals surface area contributed by atoms with Crippen LogP contribution >= 0.6 is 0 Å². The minimum atomic E-state index is -1.78. The number of nitrogens with one attached hydrogen (secondary N) is 1. The summed E-state index contributed by atoms with van der Waals surface area (Å²) in [5.74, 6) is -0.236. The van der Waals surface area contributed by atoms with Gasteiger partial charge in [-0.1, -0.05) is 133 Å². The number of allylic oxidation sites excluding steroid dienone is 8. The Hall–Kier alpha value is -2.05. The van der Waals surface area contributed by atoms with E-state index in [9.17, 15) is 45.6 Å². The van der Waals surface area contributed by atoms with E-state index in [0.29, 0.717) is 12.8 Å². The highest BCUT2D eigenvalue weighted by molar-refractivity contribution is 5.76. The molecule has 0 aliphatic carbocycles. The maximum absolute atomic E-state index is 13.1. The van der Waals surface area contributed by atoms with Crippen molar-refractivity contribution in [3.8, 4) is 0 Å². The Kier molecular flexibility index (Phi) is 30.2. The van der Waals surface area contributed by atoms with Gasteiger partial charge in [-0.25, -0.2) is 0 Å². The third kappa shape index (κ3) is 21.4. The lowest BCUT2D eigenvalue weighted by molar-refractivity contribution is -0.359. The van der Waals surface area contributed by atoms with Gasteiger partial charge in [-0.3, -0.25) is 4.79 Å². The number of hydrogen-bond acceptors (Lipinski definition) is 13. The number of aliphatic hydroxyl groups excluding tert-OH is 8. The molecule has 1 amide bonds. The van der Waals surface area contributed by atoms with Crippen molar-refractivity contribution >= 4 is 5.91 Å². The summed E-state index contributed by atoms with van der Waals surface area (Å²) >= 11 is 0. The van der Waals surface area contributed by atoms with Crippen molar-refractivity contribution < 1.29 is 64.6 Å². The number of ether oxygens (including phenoxy) is 4. The first-order chi connectivity index (χ1) is 29.1. The van der Waals surface area contributed by atoms with Crippen molar-refractivity contribution in [1.29, 1.82) is 0 Å². The molecule has 0 radical (unpaired) electrons. The van der Waals surface area contributed by atoms with Crippen LogP contribution in [0.1, 0.15) is 142 Å². The minimum Gasteiger partial charge on any atom is -0.394 e. The molecule has 2 heterocycles. The molecule has 0 aromatic rings. The van der Waals surface area contributed by atoms with E-state index in [2.05, 4.69) is 67.8 Å². The van der Waals surface area contributed by atoms with Crippen LogP contribution in [0.4, 0.5) is 0 Å². The number of carbonyl (C=O) groups excluding carboxylic acids is 1. The van der Waals surface area contributed by atoms with E-state index in [1.807, 2.05) is 0 Å². The van der Waals surface area contributed by atoms with Crippen LogP contribution in [0.25, 0.3) is 0 Å². The second-order valence-corrected chi connectivity index (χ2v) is 16.2. The average Bonchev–Trinajstić information content (AvgIpc) is 3.24. The zero-order valence-electron chi connectivity index (χ0n) is 36.4. The number of hydrogen-bond donors (Lipinski definition) is 9. The Bertz CT molecular complexity index is 1200. The summed E-state index contributed by atoms with van der Waals surface area (Å²) in [6, 6.07) is -0.840. The van der Waals surface area contributed by atoms with Crippen LogP contribution in [0.5, 0.6) is 0 Å². The van der Waals surface area contributed by atoms with E-state index in [0.717, 1.165) is 77.0 Å². The Morgan fingerprint density at radius 1 is 0.617 bits per heavy atom. The highest BCUT2D eigenvalue weighted by atomic mass is 16.7. The third-order valence-corrected chi connectivity index (χ3v) is 11.1. The molecule has 0 bridgehead atoms. The maximum atomic E-state index is 13.1. The number of amides is 1. The summed E-state index contributed by atoms with van der Waals surface area (Å²) in [5, 5.41) is 86.5. The maximum Gasteiger partial charge on any atom is 0.220 e. The molecule has 60 heavy (non-hydrogen) atoms. The number of unbranched alkanes of at least 4 members (excludes halogenated alkanes) is 12. The predicted octanol–water partition coefficient (Wildman–Crippen LogP) is 4.54. The van der Waals surface area contributed by atoms with Gasteiger partial charge in [0.15, 0.2) is 12.6 Å². The quantitative estimate of drug-likeness (QED) is 0.0327. The zero-order chi connectivity index (χ0) is 44.0. The molecule has 2 rings (SSSR count). The van der Waals surface area contributed by atoms with Gasteiger partial charge >= 0.3 is 0 Å². The minimum absolute atomic E-state index is 0.236. The van der Waals surface area contributed by atoms with Crippen molar-refractivity contribution in [2.45, 2.75) is 216 Å². The molecule has 0 aromatic heterocycles. The fourth-order valence-corrected chi connectivity index (χ4v) is 7.28. The van der Waals surface area contributed by atoms with Crippen molar-refractivity contribution in [2.75, 3.05) is 19.8 Å². The number of aliphatic hydroxyl groups is 8. The molecule has 2 aliphatic rings. The van der Waals surface area contributed by atoms with Gasteiger partial charge in [0.2, 0.25) is 5.91 Å². The van der Waals surface area contributed by atoms with Gasteiger partial charge in [-0.05, 0) is 51.4 Å². The standard InChI is InChI=1S/C46H81NO13/c1-3-5-7-9-11-13-14-15-16-17-18-19-20-22-24-26-28-30-38(51)47-34(35(50)29-27-25-23-21-12-10-8-6-4-2)33-57-45-43(56)41(54)44(37(32-49)59-45)60-46-42(55)40(53)39(52)36(31-48)58-46/h5,7,11,13,15-16,18-19,34-37,39-46,48-50,52-56H,3-4,6,8-10,12,14,17,20-33H2,1-2H3,(H,47,51)/b7-5-,13-11-,16-15-,19-18-. The lowest BCUT2D eigenvalue weighted by Gasteiger charge is -2.46. The van der Waals surface area contributed by atoms with Gasteiger partial charge in [0.05, 0.1) is 32.0 Å². The first-order valence-electron chi connectivity index (χ1n) is 22.9. The number of rotatable bonds is 33. The van der Waals surface area contributed by atoms with Crippen LogP contribution in [0, 0.1) is 0 Å². The monoisotopic (exact) mass is 856 g/mol. The molecule has 12 atom stereocenters. The Morgan fingerprint density at radius 3 is 1.77 bits per heavy atom. The Morgan fingerprint density at radius 2 is 1.15 bits per heavy atom. The van der Waals surface area contributed by atoms with Gasteiger partial charge in [0, 0.05) is 6.42 Å². The van der Waals surface area contributed by atoms with E-state index >= 15 is 0 Å². The fraction of sp³-hybridized carbons (Fsp3) is 0.804. The zero-order valence-corrected chi connectivity index (χ0v) is 36.4. The Labute approximate surface area is 359 Å². The molecule has 14 heteroatoms. The first-order valence-corrected chi connectivity index (χ1v) is 22.9. The lowest BCUT2D eigenvalue weighted by atomic mass is 9.97. The van der Waals surface area contributed by atoms with Crippen LogP contribution in [0.2, 0.25) is 0 Å². The van der Waals surface area contributed by atoms with E-state index in [1.165, 1.54) is 32.1 Å². The largest absolute Gasteiger partial charge is 0.394 e. The molecule has 2 saturated heterocycles. The normalized spacial score (nSPS) is 28.7. The highest BCUT2D eigenvalue weighted by Crippen LogP contribution is 2.30. The van der Waals surface area contributed by atoms with E-state index in [4.69, 9.17) is 18.9 Å². The molecular formula is C46H81NO13. The summed E-state index contributed by atoms with van der Waals surface area (Å²) < 4.78 is 22.6. The van der Waals surface area contributed by atoms with Gasteiger partial charge in [-0.15, -0.1) is 0 Å². The van der Waals surface area contributed by atoms with Crippen LogP contribution in [-0.4, -0.2) is 140 Å². The summed E-state index contributed by atoms with van der Waals surface area (Å²) in [6.07, 6.45) is 19.9. The van der Waals surface area contributed by atoms with Gasteiger partial charge in [0.25, 0.3) is 0 Å². The van der Waals surface area contributed by atoms with Crippen LogP contribution < -0.4 is 5.32 Å². The predicted molar refractivity (Wildman–Crippen MR) is 231 cm³/mol. The summed E-state index contributed by atoms with van der Waals surface area (Å²) in [4.78, 5) is 13.1. The van der Waals surface area contributed by atoms with Gasteiger partial charge < -0.3 is 65.1 Å². The molecule has 9 N–H and O–H groups in total. The lowest BCUT2D eigenvalue weighted by Crippen LogP contribution is -2.65. The number of carbonyl (C=O) groups is 1. The van der Waals surface area contributed by atoms with Crippen molar-refractivity contribution in [1.82, 2.24) is 5.32 Å². The topological polar surface area (TPSA) is 228 Å². The fourth-order valence-electron chi connectivity index (χ4n) is 7.28. The van der Waals surface area contributed by atoms with Crippen molar-refractivity contribution in [2.24, 2.45) is 0 Å². The molecule has 12 unspecified atom stereocenters. The summed E-state index contributed by atoms with van der Waals surface area (Å²) in [5.41, 5.74) is 0. The second-order valence-electron chi connectivity index (χ2n) is 16.2. The third-order valence-electron chi connectivity index (χ3n) is 11.1. The van der Waals surface area contributed by atoms with E-state index < -0.39 is 86.8 Å².